The molecule has 1 amide bonds. The van der Waals surface area contributed by atoms with Gasteiger partial charge in [-0.05, 0) is 24.3 Å². The molecule has 0 aliphatic heterocycles. The number of primary amides is 1. The third kappa shape index (κ3) is 2.37. The Morgan fingerprint density at radius 3 is 2.50 bits per heavy atom. The molecule has 0 aliphatic rings. The summed E-state index contributed by atoms with van der Waals surface area (Å²) in [5.74, 6) is -1.30. The van der Waals surface area contributed by atoms with Crippen molar-refractivity contribution in [3.8, 4) is 6.07 Å². The first-order chi connectivity index (χ1) is 9.54. The highest BCUT2D eigenvalue weighted by molar-refractivity contribution is 6.01. The Kier molecular flexibility index (Phi) is 3.53. The van der Waals surface area contributed by atoms with Gasteiger partial charge in [0.15, 0.2) is 0 Å². The number of nitrogens with zero attached hydrogens (tertiary/aromatic N) is 1. The monoisotopic (exact) mass is 270 g/mol. The van der Waals surface area contributed by atoms with Crippen LogP contribution in [0.3, 0.4) is 0 Å². The van der Waals surface area contributed by atoms with Crippen LogP contribution >= 0.6 is 0 Å². The molecule has 0 unspecified atom stereocenters. The minimum atomic E-state index is -0.661. The summed E-state index contributed by atoms with van der Waals surface area (Å²) >= 11 is 0. The normalized spacial score (nSPS) is 9.80. The van der Waals surface area contributed by atoms with Crippen LogP contribution in [0, 0.1) is 17.1 Å². The smallest absolute Gasteiger partial charge is 0.250 e. The van der Waals surface area contributed by atoms with Crippen molar-refractivity contribution in [1.29, 1.82) is 5.26 Å². The number of anilines is 3. The highest BCUT2D eigenvalue weighted by Gasteiger charge is 2.12. The van der Waals surface area contributed by atoms with Gasteiger partial charge in [-0.2, -0.15) is 5.26 Å². The molecule has 2 aromatic carbocycles. The van der Waals surface area contributed by atoms with Gasteiger partial charge < -0.3 is 16.8 Å². The maximum atomic E-state index is 13.5. The van der Waals surface area contributed by atoms with Crippen LogP contribution < -0.4 is 16.8 Å². The number of para-hydroxylation sites is 1. The number of nitriles is 1. The van der Waals surface area contributed by atoms with E-state index in [4.69, 9.17) is 16.7 Å². The molecule has 5 nitrogen and oxygen atoms in total. The van der Waals surface area contributed by atoms with E-state index in [1.54, 1.807) is 18.2 Å². The van der Waals surface area contributed by atoms with Gasteiger partial charge >= 0.3 is 0 Å². The number of benzene rings is 2. The summed E-state index contributed by atoms with van der Waals surface area (Å²) in [6.07, 6.45) is 0. The lowest BCUT2D eigenvalue weighted by Gasteiger charge is -2.12. The standard InChI is InChI=1S/C14H11FN4O/c15-10-4-2-5-11(9(10)7-16)19-12-6-1-3-8(13(12)17)14(18)20/h1-6,19H,17H2,(H2,18,20). The molecule has 5 N–H and O–H groups in total. The number of amides is 1. The molecular formula is C14H11FN4O. The summed E-state index contributed by atoms with van der Waals surface area (Å²) < 4.78 is 13.5. The van der Waals surface area contributed by atoms with Crippen LogP contribution in [0.4, 0.5) is 21.5 Å². The average Bonchev–Trinajstić information content (AvgIpc) is 2.41. The predicted molar refractivity (Wildman–Crippen MR) is 73.8 cm³/mol. The number of hydrogen-bond donors (Lipinski definition) is 3. The molecule has 0 spiro atoms. The summed E-state index contributed by atoms with van der Waals surface area (Å²) in [7, 11) is 0. The summed E-state index contributed by atoms with van der Waals surface area (Å²) in [5, 5.41) is 11.8. The number of nitrogen functional groups attached to an aromatic ring is 1. The fourth-order valence-corrected chi connectivity index (χ4v) is 1.78. The third-order valence-electron chi connectivity index (χ3n) is 2.77. The van der Waals surface area contributed by atoms with Crippen molar-refractivity contribution in [2.45, 2.75) is 0 Å². The molecule has 0 radical (unpaired) electrons. The Morgan fingerprint density at radius 1 is 1.20 bits per heavy atom. The van der Waals surface area contributed by atoms with Crippen molar-refractivity contribution in [3.63, 3.8) is 0 Å². The quantitative estimate of drug-likeness (QED) is 0.743. The molecule has 0 bridgehead atoms. The second kappa shape index (κ2) is 5.28. The number of nitrogens with one attached hydrogen (secondary N) is 1. The van der Waals surface area contributed by atoms with Gasteiger partial charge in [-0.25, -0.2) is 4.39 Å². The Morgan fingerprint density at radius 2 is 1.85 bits per heavy atom. The fraction of sp³-hybridized carbons (Fsp3) is 0. The maximum absolute atomic E-state index is 13.5. The van der Waals surface area contributed by atoms with Gasteiger partial charge in [0, 0.05) is 0 Å². The second-order valence-electron chi connectivity index (χ2n) is 4.03. The van der Waals surface area contributed by atoms with E-state index in [1.807, 2.05) is 0 Å². The molecule has 0 aromatic heterocycles. The van der Waals surface area contributed by atoms with Crippen LogP contribution in [0.15, 0.2) is 36.4 Å². The molecule has 20 heavy (non-hydrogen) atoms. The molecule has 0 fully saturated rings. The van der Waals surface area contributed by atoms with E-state index in [9.17, 15) is 9.18 Å². The van der Waals surface area contributed by atoms with Gasteiger partial charge in [-0.15, -0.1) is 0 Å². The van der Waals surface area contributed by atoms with E-state index in [2.05, 4.69) is 5.32 Å². The van der Waals surface area contributed by atoms with Crippen LogP contribution in [0.5, 0.6) is 0 Å². The van der Waals surface area contributed by atoms with E-state index >= 15 is 0 Å². The van der Waals surface area contributed by atoms with Crippen LogP contribution in [-0.4, -0.2) is 5.91 Å². The lowest BCUT2D eigenvalue weighted by molar-refractivity contribution is 0.100. The van der Waals surface area contributed by atoms with Crippen LogP contribution in [0.2, 0.25) is 0 Å². The van der Waals surface area contributed by atoms with Crippen molar-refractivity contribution in [2.24, 2.45) is 5.73 Å². The molecule has 2 rings (SSSR count). The van der Waals surface area contributed by atoms with E-state index < -0.39 is 11.7 Å². The largest absolute Gasteiger partial charge is 0.396 e. The number of nitrogens with two attached hydrogens (primary N) is 2. The summed E-state index contributed by atoms with van der Waals surface area (Å²) in [6, 6.07) is 10.6. The zero-order valence-electron chi connectivity index (χ0n) is 10.4. The van der Waals surface area contributed by atoms with Crippen molar-refractivity contribution in [1.82, 2.24) is 0 Å². The number of carbonyl (C=O) groups is 1. The summed E-state index contributed by atoms with van der Waals surface area (Å²) in [6.45, 7) is 0. The maximum Gasteiger partial charge on any atom is 0.250 e. The van der Waals surface area contributed by atoms with Gasteiger partial charge in [-0.3, -0.25) is 4.79 Å². The lowest BCUT2D eigenvalue weighted by atomic mass is 10.1. The Balaban J connectivity index is 2.47. The number of halogens is 1. The number of rotatable bonds is 3. The molecule has 0 heterocycles. The first-order valence-electron chi connectivity index (χ1n) is 5.68. The number of hydrogen-bond acceptors (Lipinski definition) is 4. The number of carbonyl (C=O) groups excluding carboxylic acids is 1. The van der Waals surface area contributed by atoms with Crippen molar-refractivity contribution >= 4 is 23.0 Å². The zero-order valence-corrected chi connectivity index (χ0v) is 10.4. The molecule has 0 atom stereocenters. The van der Waals surface area contributed by atoms with Crippen LogP contribution in [0.25, 0.3) is 0 Å². The van der Waals surface area contributed by atoms with E-state index in [-0.39, 0.29) is 22.5 Å². The van der Waals surface area contributed by atoms with Gasteiger partial charge in [0.05, 0.1) is 22.6 Å². The summed E-state index contributed by atoms with van der Waals surface area (Å²) in [5.41, 5.74) is 11.8. The molecule has 2 aromatic rings. The SMILES string of the molecule is N#Cc1c(F)cccc1Nc1cccc(C(N)=O)c1N. The van der Waals surface area contributed by atoms with Crippen LogP contribution in [0.1, 0.15) is 15.9 Å². The molecule has 0 saturated heterocycles. The zero-order chi connectivity index (χ0) is 14.7. The van der Waals surface area contributed by atoms with Crippen molar-refractivity contribution in [2.75, 3.05) is 11.1 Å². The molecule has 0 aliphatic carbocycles. The van der Waals surface area contributed by atoms with E-state index in [0.29, 0.717) is 5.69 Å². The molecule has 6 heteroatoms. The van der Waals surface area contributed by atoms with E-state index in [1.165, 1.54) is 24.3 Å². The Labute approximate surface area is 114 Å². The summed E-state index contributed by atoms with van der Waals surface area (Å²) in [4.78, 5) is 11.2. The van der Waals surface area contributed by atoms with Crippen molar-refractivity contribution < 1.29 is 9.18 Å². The van der Waals surface area contributed by atoms with Crippen molar-refractivity contribution in [3.05, 3.63) is 53.3 Å². The van der Waals surface area contributed by atoms with Gasteiger partial charge in [0.1, 0.15) is 17.4 Å². The fourth-order valence-electron chi connectivity index (χ4n) is 1.78. The molecule has 0 saturated carbocycles. The van der Waals surface area contributed by atoms with Gasteiger partial charge in [-0.1, -0.05) is 12.1 Å². The topological polar surface area (TPSA) is 105 Å². The second-order valence-corrected chi connectivity index (χ2v) is 4.03. The lowest BCUT2D eigenvalue weighted by Crippen LogP contribution is -2.14. The highest BCUT2D eigenvalue weighted by atomic mass is 19.1. The van der Waals surface area contributed by atoms with Gasteiger partial charge in [0.2, 0.25) is 0 Å². The first kappa shape index (κ1) is 13.4. The predicted octanol–water partition coefficient (Wildman–Crippen LogP) is 2.12. The third-order valence-corrected chi connectivity index (χ3v) is 2.77. The highest BCUT2D eigenvalue weighted by Crippen LogP contribution is 2.28. The first-order valence-corrected chi connectivity index (χ1v) is 5.68. The van der Waals surface area contributed by atoms with E-state index in [0.717, 1.165) is 0 Å². The minimum Gasteiger partial charge on any atom is -0.396 e. The Bertz CT molecular complexity index is 722. The van der Waals surface area contributed by atoms with Crippen LogP contribution in [-0.2, 0) is 0 Å². The average molecular weight is 270 g/mol. The van der Waals surface area contributed by atoms with Gasteiger partial charge in [0.25, 0.3) is 5.91 Å². The molecular weight excluding hydrogens is 259 g/mol. The minimum absolute atomic E-state index is 0.128. The molecule has 100 valence electrons. The Hall–Kier alpha value is -3.07.